The van der Waals surface area contributed by atoms with E-state index in [1.165, 1.54) is 43.4 Å². The van der Waals surface area contributed by atoms with Crippen molar-refractivity contribution in [3.63, 3.8) is 0 Å². The molecular formula is C24H31N5. The summed E-state index contributed by atoms with van der Waals surface area (Å²) < 4.78 is 0. The predicted molar refractivity (Wildman–Crippen MR) is 116 cm³/mol. The van der Waals surface area contributed by atoms with Crippen LogP contribution in [0.1, 0.15) is 55.2 Å². The van der Waals surface area contributed by atoms with Crippen molar-refractivity contribution in [2.45, 2.75) is 51.1 Å². The summed E-state index contributed by atoms with van der Waals surface area (Å²) in [5.74, 6) is 2.55. The zero-order valence-corrected chi connectivity index (χ0v) is 17.1. The molecule has 2 unspecified atom stereocenters. The van der Waals surface area contributed by atoms with Gasteiger partial charge in [-0.1, -0.05) is 18.2 Å². The maximum atomic E-state index is 6.11. The molecule has 3 aromatic rings. The molecule has 3 N–H and O–H groups in total. The first-order valence-electron chi connectivity index (χ1n) is 11.1. The molecule has 0 saturated heterocycles. The van der Waals surface area contributed by atoms with E-state index in [9.17, 15) is 0 Å². The van der Waals surface area contributed by atoms with Crippen LogP contribution in [0.3, 0.4) is 0 Å². The van der Waals surface area contributed by atoms with Gasteiger partial charge in [-0.3, -0.25) is 9.88 Å². The molecule has 0 spiro atoms. The number of nitrogens with two attached hydrogens (primary N) is 1. The van der Waals surface area contributed by atoms with Crippen LogP contribution in [-0.2, 0) is 13.0 Å². The van der Waals surface area contributed by atoms with Gasteiger partial charge in [0, 0.05) is 6.20 Å². The third-order valence-electron chi connectivity index (χ3n) is 6.78. The van der Waals surface area contributed by atoms with Crippen LogP contribution in [0.25, 0.3) is 11.0 Å². The van der Waals surface area contributed by atoms with Gasteiger partial charge in [-0.2, -0.15) is 0 Å². The van der Waals surface area contributed by atoms with Gasteiger partial charge >= 0.3 is 0 Å². The lowest BCUT2D eigenvalue weighted by molar-refractivity contribution is 0.149. The third-order valence-corrected chi connectivity index (χ3v) is 6.78. The summed E-state index contributed by atoms with van der Waals surface area (Å²) in [6.45, 7) is 2.69. The number of imidazole rings is 1. The number of aromatic amines is 1. The summed E-state index contributed by atoms with van der Waals surface area (Å²) in [6.07, 6.45) is 9.37. The normalized spacial score (nSPS) is 20.1. The second kappa shape index (κ2) is 8.25. The molecule has 0 radical (unpaired) electrons. The van der Waals surface area contributed by atoms with Gasteiger partial charge in [-0.15, -0.1) is 0 Å². The summed E-state index contributed by atoms with van der Waals surface area (Å²) >= 11 is 0. The van der Waals surface area contributed by atoms with Crippen molar-refractivity contribution >= 4 is 11.0 Å². The Morgan fingerprint density at radius 3 is 2.86 bits per heavy atom. The Morgan fingerprint density at radius 2 is 2.03 bits per heavy atom. The highest BCUT2D eigenvalue weighted by molar-refractivity contribution is 5.74. The Balaban J connectivity index is 1.41. The Labute approximate surface area is 172 Å². The van der Waals surface area contributed by atoms with Gasteiger partial charge in [0.05, 0.1) is 29.3 Å². The minimum atomic E-state index is 0.366. The van der Waals surface area contributed by atoms with Gasteiger partial charge in [0.1, 0.15) is 5.82 Å². The Morgan fingerprint density at radius 1 is 1.14 bits per heavy atom. The van der Waals surface area contributed by atoms with E-state index in [0.717, 1.165) is 48.8 Å². The molecule has 152 valence electrons. The number of nitrogens with zero attached hydrogens (tertiary/aromatic N) is 3. The van der Waals surface area contributed by atoms with Crippen LogP contribution >= 0.6 is 0 Å². The Hall–Kier alpha value is -2.24. The highest BCUT2D eigenvalue weighted by atomic mass is 15.2. The van der Waals surface area contributed by atoms with Crippen LogP contribution in [0, 0.1) is 11.8 Å². The summed E-state index contributed by atoms with van der Waals surface area (Å²) in [5, 5.41) is 0. The van der Waals surface area contributed by atoms with Crippen molar-refractivity contribution in [1.29, 1.82) is 0 Å². The van der Waals surface area contributed by atoms with Crippen LogP contribution in [-0.4, -0.2) is 32.9 Å². The Kier molecular flexibility index (Phi) is 5.34. The molecule has 0 amide bonds. The molecule has 0 bridgehead atoms. The van der Waals surface area contributed by atoms with E-state index in [1.807, 2.05) is 12.3 Å². The quantitative estimate of drug-likeness (QED) is 0.605. The van der Waals surface area contributed by atoms with Crippen molar-refractivity contribution in [2.75, 3.05) is 13.1 Å². The van der Waals surface area contributed by atoms with E-state index < -0.39 is 0 Å². The molecule has 0 aliphatic heterocycles. The molecule has 2 aromatic heterocycles. The fourth-order valence-electron chi connectivity index (χ4n) is 5.00. The zero-order chi connectivity index (χ0) is 19.6. The van der Waals surface area contributed by atoms with Crippen molar-refractivity contribution < 1.29 is 0 Å². The topological polar surface area (TPSA) is 70.8 Å². The molecule has 29 heavy (non-hydrogen) atoms. The smallest absolute Gasteiger partial charge is 0.121 e. The number of hydrogen-bond acceptors (Lipinski definition) is 4. The molecular weight excluding hydrogens is 358 g/mol. The lowest BCUT2D eigenvalue weighted by Crippen LogP contribution is -2.34. The lowest BCUT2D eigenvalue weighted by atomic mass is 9.90. The highest BCUT2D eigenvalue weighted by Crippen LogP contribution is 2.39. The number of nitrogens with one attached hydrogen (secondary N) is 1. The maximum absolute atomic E-state index is 6.11. The third kappa shape index (κ3) is 4.07. The lowest BCUT2D eigenvalue weighted by Gasteiger charge is -2.35. The van der Waals surface area contributed by atoms with Crippen molar-refractivity contribution in [1.82, 2.24) is 19.9 Å². The van der Waals surface area contributed by atoms with Gasteiger partial charge in [0.2, 0.25) is 0 Å². The monoisotopic (exact) mass is 389 g/mol. The average molecular weight is 390 g/mol. The highest BCUT2D eigenvalue weighted by Gasteiger charge is 2.32. The second-order valence-corrected chi connectivity index (χ2v) is 8.75. The minimum absolute atomic E-state index is 0.366. The number of H-pyrrole nitrogens is 1. The molecule has 5 nitrogen and oxygen atoms in total. The van der Waals surface area contributed by atoms with E-state index in [1.54, 1.807) is 0 Å². The van der Waals surface area contributed by atoms with Crippen molar-refractivity contribution in [3.8, 4) is 0 Å². The van der Waals surface area contributed by atoms with Crippen LogP contribution in [0.2, 0.25) is 0 Å². The van der Waals surface area contributed by atoms with Crippen LogP contribution in [0.15, 0.2) is 42.6 Å². The van der Waals surface area contributed by atoms with Crippen LogP contribution in [0.5, 0.6) is 0 Å². The minimum Gasteiger partial charge on any atom is -0.341 e. The van der Waals surface area contributed by atoms with E-state index in [4.69, 9.17) is 15.7 Å². The largest absolute Gasteiger partial charge is 0.341 e. The average Bonchev–Trinajstić information content (AvgIpc) is 3.52. The van der Waals surface area contributed by atoms with Gasteiger partial charge in [0.15, 0.2) is 0 Å². The van der Waals surface area contributed by atoms with Gasteiger partial charge < -0.3 is 10.7 Å². The number of fused-ring (bicyclic) bond motifs is 2. The molecule has 1 saturated carbocycles. The van der Waals surface area contributed by atoms with Crippen LogP contribution in [0.4, 0.5) is 0 Å². The summed E-state index contributed by atoms with van der Waals surface area (Å²) in [6, 6.07) is 13.0. The summed E-state index contributed by atoms with van der Waals surface area (Å²) in [7, 11) is 0. The van der Waals surface area contributed by atoms with Gasteiger partial charge in [0.25, 0.3) is 0 Å². The number of rotatable bonds is 8. The first-order chi connectivity index (χ1) is 14.3. The van der Waals surface area contributed by atoms with Gasteiger partial charge in [-0.25, -0.2) is 4.98 Å². The summed E-state index contributed by atoms with van der Waals surface area (Å²) in [4.78, 5) is 15.8. The SMILES string of the molecule is NCC(CCN(Cc1nc2ccccc2[nH]1)C1CCCc2cccnc21)C1CC1. The number of pyridine rings is 1. The van der Waals surface area contributed by atoms with Crippen molar-refractivity contribution in [3.05, 3.63) is 59.7 Å². The van der Waals surface area contributed by atoms with E-state index in [-0.39, 0.29) is 0 Å². The summed E-state index contributed by atoms with van der Waals surface area (Å²) in [5.41, 5.74) is 10.9. The number of aromatic nitrogens is 3. The number of para-hydroxylation sites is 2. The first kappa shape index (κ1) is 18.8. The molecule has 2 aliphatic carbocycles. The fraction of sp³-hybridized carbons (Fsp3) is 0.500. The fourth-order valence-corrected chi connectivity index (χ4v) is 5.00. The Bertz CT molecular complexity index is 928. The molecule has 1 fully saturated rings. The standard InChI is InChI=1S/C24H31N5/c25-15-19(17-10-11-17)12-14-29(16-23-27-20-7-1-2-8-21(20)28-23)22-9-3-5-18-6-4-13-26-24(18)22/h1-2,4,6-8,13,17,19,22H,3,5,9-12,14-16,25H2,(H,27,28). The van der Waals surface area contributed by atoms with E-state index in [2.05, 4.69) is 40.2 Å². The molecule has 1 aromatic carbocycles. The molecule has 2 atom stereocenters. The van der Waals surface area contributed by atoms with Crippen molar-refractivity contribution in [2.24, 2.45) is 17.6 Å². The number of hydrogen-bond donors (Lipinski definition) is 2. The molecule has 2 heterocycles. The first-order valence-corrected chi connectivity index (χ1v) is 11.1. The molecule has 5 rings (SSSR count). The van der Waals surface area contributed by atoms with E-state index in [0.29, 0.717) is 12.0 Å². The molecule has 2 aliphatic rings. The number of benzene rings is 1. The van der Waals surface area contributed by atoms with Crippen LogP contribution < -0.4 is 5.73 Å². The predicted octanol–water partition coefficient (Wildman–Crippen LogP) is 4.21. The molecule has 5 heteroatoms. The number of aryl methyl sites for hydroxylation is 1. The maximum Gasteiger partial charge on any atom is 0.121 e. The zero-order valence-electron chi connectivity index (χ0n) is 17.1. The second-order valence-electron chi connectivity index (χ2n) is 8.75. The van der Waals surface area contributed by atoms with Gasteiger partial charge in [-0.05, 0) is 87.2 Å². The van der Waals surface area contributed by atoms with E-state index >= 15 is 0 Å².